The number of hydrogen-bond acceptors (Lipinski definition) is 15. The highest BCUT2D eigenvalue weighted by Gasteiger charge is 2.25. The summed E-state index contributed by atoms with van der Waals surface area (Å²) in [6, 6.07) is 170. The van der Waals surface area contributed by atoms with Crippen LogP contribution >= 0.6 is 34.0 Å². The largest absolute Gasteiger partial charge is 0.456 e. The Hall–Kier alpha value is -19.3. The third-order valence-electron chi connectivity index (χ3n) is 28.1. The van der Waals surface area contributed by atoms with Crippen LogP contribution in [0.15, 0.2) is 505 Å². The van der Waals surface area contributed by atoms with E-state index in [9.17, 15) is 0 Å². The van der Waals surface area contributed by atoms with Crippen molar-refractivity contribution in [2.75, 3.05) is 0 Å². The van der Waals surface area contributed by atoms with Gasteiger partial charge in [0.25, 0.3) is 0 Å². The molecule has 0 amide bonds. The first-order valence-corrected chi connectivity index (χ1v) is 52.3. The van der Waals surface area contributed by atoms with Gasteiger partial charge < -0.3 is 13.3 Å². The summed E-state index contributed by atoms with van der Waals surface area (Å²) >= 11 is 5.48. The molecule has 15 heteroatoms. The minimum absolute atomic E-state index is 0.639. The van der Waals surface area contributed by atoms with Crippen LogP contribution in [0.25, 0.3) is 296 Å². The van der Waals surface area contributed by atoms with Crippen LogP contribution in [0, 0.1) is 0 Å². The van der Waals surface area contributed by atoms with Gasteiger partial charge in [0, 0.05) is 144 Å². The van der Waals surface area contributed by atoms with Gasteiger partial charge in [0.2, 0.25) is 0 Å². The molecule has 0 radical (unpaired) electrons. The number of aromatic nitrogens is 9. The molecule has 0 unspecified atom stereocenters. The van der Waals surface area contributed by atoms with Crippen LogP contribution in [0.2, 0.25) is 0 Å². The Balaban J connectivity index is 0.000000108. The Morgan fingerprint density at radius 3 is 0.813 bits per heavy atom. The first-order chi connectivity index (χ1) is 74.3. The summed E-state index contributed by atoms with van der Waals surface area (Å²) in [6.45, 7) is 0. The fraction of sp³-hybridized carbons (Fsp3) is 0. The molecule has 0 aliphatic heterocycles. The monoisotopic (exact) mass is 1970 g/mol. The summed E-state index contributed by atoms with van der Waals surface area (Å²) < 4.78 is 27.2. The summed E-state index contributed by atoms with van der Waals surface area (Å²) in [6.07, 6.45) is 0. The van der Waals surface area contributed by atoms with Crippen LogP contribution < -0.4 is 0 Å². The van der Waals surface area contributed by atoms with E-state index in [0.29, 0.717) is 52.4 Å². The lowest BCUT2D eigenvalue weighted by molar-refractivity contribution is 0.669. The molecule has 0 bridgehead atoms. The minimum Gasteiger partial charge on any atom is -0.456 e. The average Bonchev–Trinajstić information content (AvgIpc) is 1.58. The van der Waals surface area contributed by atoms with Crippen molar-refractivity contribution in [1.29, 1.82) is 0 Å². The topological polar surface area (TPSA) is 155 Å². The second-order valence-corrected chi connectivity index (χ2v) is 40.4. The number of thiophene rings is 3. The predicted octanol–water partition coefficient (Wildman–Crippen LogP) is 37.4. The standard InChI is InChI=1S/3C45H27N3OS/c1-3-11-28(12-4-1)43-46-44(29-13-5-2-6-14-29)48-45(47-43)34-18-10-17-32(26-34)30-15-9-16-31(25-30)33-21-23-38-37(27-33)41-39(49-38)24-22-36-35-19-7-8-20-40(35)50-42(36)41;1-3-10-29(11-4-1)43-46-44(30-12-5-2-6-13-30)48-45(47-43)31-20-18-28(19-21-31)32-14-9-15-33(26-32)34-22-23-37-39(27-34)49-38-25-24-36-35-16-7-8-17-40(35)50-42(36)41(37)38;1-3-10-31(11-4-1)43-46-44(32-12-5-2-6-13-32)48-45(47-43)33-24-20-29(21-25-33)28-18-22-30(23-19-28)34-15-9-16-36-37-26-27-38-35-14-7-8-17-39(35)50-42(38)41(37)49-40(34)36/h3*1-27H. The molecule has 9 heterocycles. The van der Waals surface area contributed by atoms with Crippen LogP contribution in [-0.2, 0) is 0 Å². The van der Waals surface area contributed by atoms with Crippen molar-refractivity contribution in [2.24, 2.45) is 0 Å². The summed E-state index contributed by atoms with van der Waals surface area (Å²) in [7, 11) is 0. The van der Waals surface area contributed by atoms with Crippen molar-refractivity contribution in [1.82, 2.24) is 44.9 Å². The van der Waals surface area contributed by atoms with Crippen molar-refractivity contribution in [3.63, 3.8) is 0 Å². The van der Waals surface area contributed by atoms with E-state index < -0.39 is 0 Å². The fourth-order valence-electron chi connectivity index (χ4n) is 20.6. The third-order valence-corrected chi connectivity index (χ3v) is 31.7. The number of benzene rings is 21. The first-order valence-electron chi connectivity index (χ1n) is 49.8. The highest BCUT2D eigenvalue weighted by atomic mass is 32.1. The predicted molar refractivity (Wildman–Crippen MR) is 622 cm³/mol. The molecule has 150 heavy (non-hydrogen) atoms. The number of fused-ring (bicyclic) bond motifs is 21. The summed E-state index contributed by atoms with van der Waals surface area (Å²) in [5.41, 5.74) is 27.5. The molecule has 0 aliphatic carbocycles. The lowest BCUT2D eigenvalue weighted by Crippen LogP contribution is -2.00. The van der Waals surface area contributed by atoms with Crippen molar-refractivity contribution < 1.29 is 13.3 Å². The van der Waals surface area contributed by atoms with E-state index in [1.54, 1.807) is 11.3 Å². The molecule has 21 aromatic carbocycles. The van der Waals surface area contributed by atoms with Crippen molar-refractivity contribution >= 4 is 160 Å². The van der Waals surface area contributed by atoms with E-state index in [-0.39, 0.29) is 0 Å². The molecule has 0 aliphatic rings. The van der Waals surface area contributed by atoms with E-state index in [2.05, 4.69) is 309 Å². The zero-order valence-corrected chi connectivity index (χ0v) is 82.7. The molecule has 9 aromatic heterocycles. The molecule has 0 saturated heterocycles. The quantitative estimate of drug-likeness (QED) is 0.0959. The van der Waals surface area contributed by atoms with Gasteiger partial charge in [-0.2, -0.15) is 0 Å². The number of rotatable bonds is 15. The smallest absolute Gasteiger partial charge is 0.164 e. The zero-order valence-electron chi connectivity index (χ0n) is 80.2. The highest BCUT2D eigenvalue weighted by molar-refractivity contribution is 7.27. The minimum atomic E-state index is 0.639. The Morgan fingerprint density at radius 1 is 0.133 bits per heavy atom. The number of para-hydroxylation sites is 1. The van der Waals surface area contributed by atoms with Crippen LogP contribution in [0.1, 0.15) is 0 Å². The van der Waals surface area contributed by atoms with Gasteiger partial charge in [0.15, 0.2) is 58.0 Å². The lowest BCUT2D eigenvalue weighted by atomic mass is 9.97. The van der Waals surface area contributed by atoms with Crippen LogP contribution in [0.5, 0.6) is 0 Å². The molecular weight excluding hydrogens is 1890 g/mol. The van der Waals surface area contributed by atoms with Gasteiger partial charge in [-0.1, -0.05) is 400 Å². The van der Waals surface area contributed by atoms with Crippen LogP contribution in [0.4, 0.5) is 0 Å². The molecule has 30 aromatic rings. The Labute approximate surface area is 872 Å². The number of nitrogens with zero attached hydrogens (tertiary/aromatic N) is 9. The molecule has 12 nitrogen and oxygen atoms in total. The lowest BCUT2D eigenvalue weighted by Gasteiger charge is -2.10. The Morgan fingerprint density at radius 2 is 0.387 bits per heavy atom. The van der Waals surface area contributed by atoms with E-state index >= 15 is 0 Å². The summed E-state index contributed by atoms with van der Waals surface area (Å²) in [5.74, 6) is 5.84. The van der Waals surface area contributed by atoms with E-state index in [0.717, 1.165) is 172 Å². The van der Waals surface area contributed by atoms with Crippen LogP contribution in [-0.4, -0.2) is 44.9 Å². The molecule has 0 fully saturated rings. The van der Waals surface area contributed by atoms with Crippen molar-refractivity contribution in [2.45, 2.75) is 0 Å². The molecule has 30 rings (SSSR count). The SMILES string of the molecule is c1ccc(-c2nc(-c3ccccc3)nc(-c3ccc(-c4ccc(-c5cccc6c5oc5c6ccc6c7ccccc7sc65)cc4)cc3)n2)cc1.c1ccc(-c2nc(-c3ccccc3)nc(-c3ccc(-c4cccc(-c5ccc6c(c5)oc5ccc7c8ccccc8sc7c56)c4)cc3)n2)cc1.c1ccc(-c2nc(-c3ccccc3)nc(-c3cccc(-c4cccc(-c5ccc6oc7ccc8c9ccccc9sc8c7c6c5)c4)c3)n2)cc1. The Bertz CT molecular complexity index is 10300. The Kier molecular flexibility index (Phi) is 22.2. The second-order valence-electron chi connectivity index (χ2n) is 37.2. The van der Waals surface area contributed by atoms with Gasteiger partial charge in [-0.25, -0.2) is 44.9 Å². The van der Waals surface area contributed by atoms with Gasteiger partial charge in [-0.05, 0) is 152 Å². The molecule has 0 N–H and O–H groups in total. The molecule has 0 spiro atoms. The molecule has 0 saturated carbocycles. The molecule has 0 atom stereocenters. The maximum Gasteiger partial charge on any atom is 0.164 e. The molecular formula is C135H81N9O3S3. The van der Waals surface area contributed by atoms with Crippen molar-refractivity contribution in [3.05, 3.63) is 491 Å². The maximum absolute atomic E-state index is 6.72. The third kappa shape index (κ3) is 16.5. The second kappa shape index (κ2) is 37.7. The maximum atomic E-state index is 6.72. The molecule has 702 valence electrons. The van der Waals surface area contributed by atoms with E-state index in [1.807, 2.05) is 205 Å². The number of hydrogen-bond donors (Lipinski definition) is 0. The van der Waals surface area contributed by atoms with Gasteiger partial charge in [-0.15, -0.1) is 34.0 Å². The average molecular weight is 1970 g/mol. The van der Waals surface area contributed by atoms with Crippen molar-refractivity contribution in [3.8, 4) is 169 Å². The summed E-state index contributed by atoms with van der Waals surface area (Å²) in [5, 5.41) is 14.6. The fourth-order valence-corrected chi connectivity index (χ4v) is 24.3. The van der Waals surface area contributed by atoms with Gasteiger partial charge in [0.1, 0.15) is 27.9 Å². The van der Waals surface area contributed by atoms with Gasteiger partial charge in [-0.3, -0.25) is 0 Å². The van der Waals surface area contributed by atoms with E-state index in [1.165, 1.54) is 71.3 Å². The highest BCUT2D eigenvalue weighted by Crippen LogP contribution is 2.49. The summed E-state index contributed by atoms with van der Waals surface area (Å²) in [4.78, 5) is 44.0. The van der Waals surface area contributed by atoms with Gasteiger partial charge >= 0.3 is 0 Å². The van der Waals surface area contributed by atoms with E-state index in [4.69, 9.17) is 58.1 Å². The number of furan rings is 3. The normalized spacial score (nSPS) is 11.6. The first kappa shape index (κ1) is 88.4. The zero-order chi connectivity index (χ0) is 99.1. The van der Waals surface area contributed by atoms with Crippen LogP contribution in [0.3, 0.4) is 0 Å². The van der Waals surface area contributed by atoms with Gasteiger partial charge in [0.05, 0.1) is 4.70 Å².